The fourth-order valence-corrected chi connectivity index (χ4v) is 3.55. The zero-order valence-electron chi connectivity index (χ0n) is 12.3. The molecule has 2 saturated heterocycles. The number of benzene rings is 1. The van der Waals surface area contributed by atoms with Crippen molar-refractivity contribution in [3.05, 3.63) is 18.2 Å². The molecule has 20 heavy (non-hydrogen) atoms. The van der Waals surface area contributed by atoms with Crippen LogP contribution in [0, 0.1) is 0 Å². The summed E-state index contributed by atoms with van der Waals surface area (Å²) in [7, 11) is 0. The Morgan fingerprint density at radius 3 is 3.05 bits per heavy atom. The highest BCUT2D eigenvalue weighted by Gasteiger charge is 2.31. The van der Waals surface area contributed by atoms with E-state index in [1.807, 2.05) is 19.1 Å². The highest BCUT2D eigenvalue weighted by molar-refractivity contribution is 5.59. The number of hydrogen-bond acceptors (Lipinski definition) is 4. The van der Waals surface area contributed by atoms with E-state index >= 15 is 0 Å². The van der Waals surface area contributed by atoms with Gasteiger partial charge in [-0.15, -0.1) is 0 Å². The molecule has 2 unspecified atom stereocenters. The molecule has 0 saturated carbocycles. The molecular weight excluding hydrogens is 250 g/mol. The Morgan fingerprint density at radius 2 is 2.20 bits per heavy atom. The predicted molar refractivity (Wildman–Crippen MR) is 83.3 cm³/mol. The molecule has 1 aromatic rings. The van der Waals surface area contributed by atoms with Crippen LogP contribution in [0.5, 0.6) is 5.75 Å². The van der Waals surface area contributed by atoms with Crippen LogP contribution in [0.2, 0.25) is 0 Å². The van der Waals surface area contributed by atoms with Crippen LogP contribution in [0.25, 0.3) is 0 Å². The topological polar surface area (TPSA) is 50.5 Å². The number of anilines is 2. The molecule has 1 aromatic carbocycles. The summed E-state index contributed by atoms with van der Waals surface area (Å²) in [6, 6.07) is 7.29. The van der Waals surface area contributed by atoms with Gasteiger partial charge in [-0.2, -0.15) is 0 Å². The third-order valence-corrected chi connectivity index (χ3v) is 4.43. The second-order valence-corrected chi connectivity index (χ2v) is 5.92. The maximum absolute atomic E-state index is 5.95. The van der Waals surface area contributed by atoms with Gasteiger partial charge in [0, 0.05) is 42.1 Å². The van der Waals surface area contributed by atoms with Crippen LogP contribution >= 0.6 is 0 Å². The van der Waals surface area contributed by atoms with Crippen LogP contribution < -0.4 is 15.8 Å². The van der Waals surface area contributed by atoms with Crippen LogP contribution in [-0.4, -0.2) is 36.7 Å². The van der Waals surface area contributed by atoms with Gasteiger partial charge < -0.3 is 20.7 Å². The number of nitrogens with one attached hydrogen (secondary N) is 1. The van der Waals surface area contributed by atoms with Gasteiger partial charge in [0.2, 0.25) is 0 Å². The number of nitrogens with two attached hydrogens (primary N) is 1. The molecule has 0 amide bonds. The minimum absolute atomic E-state index is 0.561. The fourth-order valence-electron chi connectivity index (χ4n) is 3.55. The van der Waals surface area contributed by atoms with Crippen LogP contribution in [-0.2, 0) is 0 Å². The summed E-state index contributed by atoms with van der Waals surface area (Å²) in [6.07, 6.45) is 5.19. The number of nitrogen functional groups attached to an aromatic ring is 1. The first-order chi connectivity index (χ1) is 9.74. The fraction of sp³-hybridized carbons (Fsp3) is 0.625. The van der Waals surface area contributed by atoms with E-state index in [4.69, 9.17) is 10.5 Å². The summed E-state index contributed by atoms with van der Waals surface area (Å²) in [6.45, 7) is 5.18. The molecule has 2 fully saturated rings. The Balaban J connectivity index is 1.65. The van der Waals surface area contributed by atoms with Crippen molar-refractivity contribution in [3.8, 4) is 5.75 Å². The van der Waals surface area contributed by atoms with Gasteiger partial charge in [-0.3, -0.25) is 0 Å². The van der Waals surface area contributed by atoms with Gasteiger partial charge in [-0.05, 0) is 45.2 Å². The van der Waals surface area contributed by atoms with Crippen LogP contribution in [0.4, 0.5) is 11.4 Å². The van der Waals surface area contributed by atoms with Gasteiger partial charge in [0.15, 0.2) is 0 Å². The molecule has 2 aliphatic rings. The molecule has 3 N–H and O–H groups in total. The van der Waals surface area contributed by atoms with Crippen LogP contribution in [0.15, 0.2) is 18.2 Å². The Bertz CT molecular complexity index is 463. The number of piperidine rings is 1. The van der Waals surface area contributed by atoms with Crippen molar-refractivity contribution in [3.63, 3.8) is 0 Å². The molecule has 110 valence electrons. The molecule has 0 aromatic heterocycles. The average molecular weight is 275 g/mol. The summed E-state index contributed by atoms with van der Waals surface area (Å²) in [5, 5.41) is 3.65. The Morgan fingerprint density at radius 1 is 1.30 bits per heavy atom. The second kappa shape index (κ2) is 5.92. The van der Waals surface area contributed by atoms with Gasteiger partial charge in [0.25, 0.3) is 0 Å². The van der Waals surface area contributed by atoms with E-state index in [-0.39, 0.29) is 0 Å². The maximum atomic E-state index is 5.95. The Hall–Kier alpha value is -1.42. The largest absolute Gasteiger partial charge is 0.494 e. The SMILES string of the molecule is CCOc1cc(N)cc(NC2CCN3CCCC3C2)c1. The van der Waals surface area contributed by atoms with Gasteiger partial charge in [0.05, 0.1) is 6.61 Å². The lowest BCUT2D eigenvalue weighted by Gasteiger charge is -2.35. The molecule has 4 nitrogen and oxygen atoms in total. The monoisotopic (exact) mass is 275 g/mol. The van der Waals surface area contributed by atoms with Gasteiger partial charge in [-0.1, -0.05) is 0 Å². The molecule has 0 bridgehead atoms. The molecule has 0 radical (unpaired) electrons. The molecular formula is C16H25N3O. The van der Waals surface area contributed by atoms with Crippen molar-refractivity contribution in [2.75, 3.05) is 30.7 Å². The number of fused-ring (bicyclic) bond motifs is 1. The number of hydrogen-bond donors (Lipinski definition) is 2. The zero-order valence-corrected chi connectivity index (χ0v) is 12.3. The standard InChI is InChI=1S/C16H25N3O/c1-2-20-16-9-12(17)8-14(11-16)18-13-5-7-19-6-3-4-15(19)10-13/h8-9,11,13,15,18H,2-7,10,17H2,1H3. The highest BCUT2D eigenvalue weighted by Crippen LogP contribution is 2.30. The lowest BCUT2D eigenvalue weighted by Crippen LogP contribution is -2.42. The molecule has 2 atom stereocenters. The second-order valence-electron chi connectivity index (χ2n) is 5.92. The lowest BCUT2D eigenvalue weighted by molar-refractivity contribution is 0.188. The molecule has 2 heterocycles. The van der Waals surface area contributed by atoms with Crippen molar-refractivity contribution in [1.82, 2.24) is 4.90 Å². The van der Waals surface area contributed by atoms with Crippen molar-refractivity contribution < 1.29 is 4.74 Å². The average Bonchev–Trinajstić information content (AvgIpc) is 2.85. The maximum Gasteiger partial charge on any atom is 0.123 e. The molecule has 3 rings (SSSR count). The summed E-state index contributed by atoms with van der Waals surface area (Å²) in [5.41, 5.74) is 7.80. The predicted octanol–water partition coefficient (Wildman–Crippen LogP) is 2.71. The first-order valence-electron chi connectivity index (χ1n) is 7.78. The molecule has 0 spiro atoms. The van der Waals surface area contributed by atoms with Crippen molar-refractivity contribution >= 4 is 11.4 Å². The summed E-state index contributed by atoms with van der Waals surface area (Å²) >= 11 is 0. The highest BCUT2D eigenvalue weighted by atomic mass is 16.5. The summed E-state index contributed by atoms with van der Waals surface area (Å²) in [4.78, 5) is 2.64. The quantitative estimate of drug-likeness (QED) is 0.830. The Labute approximate surface area is 121 Å². The first kappa shape index (κ1) is 13.6. The summed E-state index contributed by atoms with van der Waals surface area (Å²) < 4.78 is 5.56. The zero-order chi connectivity index (χ0) is 13.9. The Kier molecular flexibility index (Phi) is 4.01. The van der Waals surface area contributed by atoms with E-state index < -0.39 is 0 Å². The van der Waals surface area contributed by atoms with Crippen molar-refractivity contribution in [1.29, 1.82) is 0 Å². The number of rotatable bonds is 4. The minimum Gasteiger partial charge on any atom is -0.494 e. The molecule has 0 aliphatic carbocycles. The van der Waals surface area contributed by atoms with E-state index in [0.717, 1.165) is 23.2 Å². The van der Waals surface area contributed by atoms with Gasteiger partial charge >= 0.3 is 0 Å². The van der Waals surface area contributed by atoms with Crippen molar-refractivity contribution in [2.45, 2.75) is 44.7 Å². The first-order valence-corrected chi connectivity index (χ1v) is 7.78. The molecule has 2 aliphatic heterocycles. The van der Waals surface area contributed by atoms with Gasteiger partial charge in [-0.25, -0.2) is 0 Å². The van der Waals surface area contributed by atoms with Crippen molar-refractivity contribution in [2.24, 2.45) is 0 Å². The van der Waals surface area contributed by atoms with Crippen LogP contribution in [0.3, 0.4) is 0 Å². The third kappa shape index (κ3) is 3.01. The number of nitrogens with zero attached hydrogens (tertiary/aromatic N) is 1. The third-order valence-electron chi connectivity index (χ3n) is 4.43. The van der Waals surface area contributed by atoms with E-state index in [2.05, 4.69) is 16.3 Å². The van der Waals surface area contributed by atoms with E-state index in [0.29, 0.717) is 12.6 Å². The smallest absolute Gasteiger partial charge is 0.123 e. The van der Waals surface area contributed by atoms with E-state index in [9.17, 15) is 0 Å². The normalized spacial score (nSPS) is 26.2. The number of ether oxygens (including phenoxy) is 1. The van der Waals surface area contributed by atoms with E-state index in [1.54, 1.807) is 0 Å². The lowest BCUT2D eigenvalue weighted by atomic mass is 9.97. The minimum atomic E-state index is 0.561. The molecule has 4 heteroatoms. The van der Waals surface area contributed by atoms with E-state index in [1.165, 1.54) is 38.8 Å². The van der Waals surface area contributed by atoms with Crippen LogP contribution in [0.1, 0.15) is 32.6 Å². The van der Waals surface area contributed by atoms with Gasteiger partial charge in [0.1, 0.15) is 5.75 Å². The summed E-state index contributed by atoms with van der Waals surface area (Å²) in [5.74, 6) is 0.855.